The Kier molecular flexibility index (Phi) is 4.41. The first-order chi connectivity index (χ1) is 9.79. The van der Waals surface area contributed by atoms with E-state index in [4.69, 9.17) is 28.3 Å². The van der Waals surface area contributed by atoms with Crippen molar-refractivity contribution in [2.45, 2.75) is 4.90 Å². The quantitative estimate of drug-likeness (QED) is 0.888. The van der Waals surface area contributed by atoms with Crippen LogP contribution >= 0.6 is 23.2 Å². The second-order valence-electron chi connectivity index (χ2n) is 4.06. The number of hydrogen-bond donors (Lipinski definition) is 2. The molecule has 0 amide bonds. The highest BCUT2D eigenvalue weighted by atomic mass is 35.5. The van der Waals surface area contributed by atoms with E-state index in [2.05, 4.69) is 4.72 Å². The number of hydrogen-bond acceptors (Lipinski definition) is 3. The lowest BCUT2D eigenvalue weighted by atomic mass is 10.2. The summed E-state index contributed by atoms with van der Waals surface area (Å²) in [4.78, 5) is 10.9. The first kappa shape index (κ1) is 15.6. The van der Waals surface area contributed by atoms with E-state index in [9.17, 15) is 13.2 Å². The minimum absolute atomic E-state index is 0.0327. The third kappa shape index (κ3) is 3.66. The summed E-state index contributed by atoms with van der Waals surface area (Å²) >= 11 is 11.5. The Morgan fingerprint density at radius 3 is 2.19 bits per heavy atom. The van der Waals surface area contributed by atoms with E-state index in [-0.39, 0.29) is 21.2 Å². The number of carbonyl (C=O) groups is 1. The molecule has 21 heavy (non-hydrogen) atoms. The number of sulfonamides is 1. The van der Waals surface area contributed by atoms with Gasteiger partial charge in [0.05, 0.1) is 21.2 Å². The number of carboxylic acids is 1. The highest BCUT2D eigenvalue weighted by Crippen LogP contribution is 2.23. The molecule has 0 unspecified atom stereocenters. The van der Waals surface area contributed by atoms with Gasteiger partial charge in [0.25, 0.3) is 10.0 Å². The minimum Gasteiger partial charge on any atom is -0.478 e. The number of benzene rings is 2. The van der Waals surface area contributed by atoms with Crippen LogP contribution in [0.3, 0.4) is 0 Å². The van der Waals surface area contributed by atoms with Crippen molar-refractivity contribution >= 4 is 44.9 Å². The molecular formula is C13H9Cl2NO4S. The summed E-state index contributed by atoms with van der Waals surface area (Å²) < 4.78 is 26.6. The van der Waals surface area contributed by atoms with Crippen LogP contribution in [0.15, 0.2) is 47.4 Å². The molecule has 0 fully saturated rings. The van der Waals surface area contributed by atoms with Crippen molar-refractivity contribution in [3.05, 3.63) is 58.1 Å². The molecule has 2 aromatic carbocycles. The molecule has 0 heterocycles. The lowest BCUT2D eigenvalue weighted by Crippen LogP contribution is -2.13. The van der Waals surface area contributed by atoms with E-state index < -0.39 is 16.0 Å². The van der Waals surface area contributed by atoms with Crippen LogP contribution in [-0.2, 0) is 10.0 Å². The van der Waals surface area contributed by atoms with Crippen LogP contribution in [-0.4, -0.2) is 19.5 Å². The molecule has 0 saturated heterocycles. The molecule has 0 saturated carbocycles. The van der Waals surface area contributed by atoms with Gasteiger partial charge in [-0.1, -0.05) is 23.2 Å². The smallest absolute Gasteiger partial charge is 0.337 e. The lowest BCUT2D eigenvalue weighted by molar-refractivity contribution is 0.0697. The molecule has 110 valence electrons. The van der Waals surface area contributed by atoms with E-state index in [1.165, 1.54) is 42.5 Å². The number of nitrogens with one attached hydrogen (secondary N) is 1. The van der Waals surface area contributed by atoms with Gasteiger partial charge in [-0.25, -0.2) is 13.2 Å². The summed E-state index contributed by atoms with van der Waals surface area (Å²) in [6, 6.07) is 9.41. The Hall–Kier alpha value is -1.76. The highest BCUT2D eigenvalue weighted by molar-refractivity contribution is 7.92. The van der Waals surface area contributed by atoms with Gasteiger partial charge in [-0.05, 0) is 42.5 Å². The van der Waals surface area contributed by atoms with Gasteiger partial charge in [0.2, 0.25) is 0 Å². The van der Waals surface area contributed by atoms with Gasteiger partial charge in [-0.15, -0.1) is 0 Å². The molecule has 0 aliphatic carbocycles. The molecule has 0 aliphatic heterocycles. The van der Waals surface area contributed by atoms with Crippen molar-refractivity contribution in [3.8, 4) is 0 Å². The molecule has 5 nitrogen and oxygen atoms in total. The Morgan fingerprint density at radius 2 is 1.67 bits per heavy atom. The van der Waals surface area contributed by atoms with Crippen LogP contribution in [0.4, 0.5) is 5.69 Å². The van der Waals surface area contributed by atoms with Gasteiger partial charge in [0, 0.05) is 5.02 Å². The van der Waals surface area contributed by atoms with E-state index in [0.717, 1.165) is 0 Å². The molecule has 0 aliphatic rings. The summed E-state index contributed by atoms with van der Waals surface area (Å²) in [6.07, 6.45) is 0. The molecule has 0 radical (unpaired) electrons. The van der Waals surface area contributed by atoms with Crippen molar-refractivity contribution in [3.63, 3.8) is 0 Å². The third-order valence-electron chi connectivity index (χ3n) is 2.58. The maximum atomic E-state index is 12.1. The van der Waals surface area contributed by atoms with Crippen molar-refractivity contribution < 1.29 is 18.3 Å². The molecule has 0 bridgehead atoms. The number of aromatic carboxylic acids is 1. The van der Waals surface area contributed by atoms with Crippen molar-refractivity contribution in [1.82, 2.24) is 0 Å². The SMILES string of the molecule is O=C(O)c1ccc(NS(=O)(=O)c2ccc(Cl)cc2)cc1Cl. The fourth-order valence-electron chi connectivity index (χ4n) is 1.58. The summed E-state index contributed by atoms with van der Waals surface area (Å²) in [7, 11) is -3.79. The summed E-state index contributed by atoms with van der Waals surface area (Å²) in [5.41, 5.74) is 0.0612. The summed E-state index contributed by atoms with van der Waals surface area (Å²) in [6.45, 7) is 0. The molecule has 0 atom stereocenters. The van der Waals surface area contributed by atoms with Gasteiger partial charge in [-0.2, -0.15) is 0 Å². The summed E-state index contributed by atoms with van der Waals surface area (Å²) in [5.74, 6) is -1.19. The molecule has 2 aromatic rings. The first-order valence-corrected chi connectivity index (χ1v) is 7.85. The van der Waals surface area contributed by atoms with Crippen LogP contribution in [0.25, 0.3) is 0 Å². The van der Waals surface area contributed by atoms with Gasteiger partial charge in [0.1, 0.15) is 0 Å². The Morgan fingerprint density at radius 1 is 1.05 bits per heavy atom. The molecular weight excluding hydrogens is 337 g/mol. The van der Waals surface area contributed by atoms with Gasteiger partial charge in [-0.3, -0.25) is 4.72 Å². The molecule has 0 aromatic heterocycles. The zero-order valence-corrected chi connectivity index (χ0v) is 12.7. The number of halogens is 2. The summed E-state index contributed by atoms with van der Waals surface area (Å²) in [5, 5.41) is 9.22. The fraction of sp³-hybridized carbons (Fsp3) is 0. The maximum Gasteiger partial charge on any atom is 0.337 e. The van der Waals surface area contributed by atoms with Crippen LogP contribution in [0.5, 0.6) is 0 Å². The van der Waals surface area contributed by atoms with Crippen molar-refractivity contribution in [2.24, 2.45) is 0 Å². The monoisotopic (exact) mass is 345 g/mol. The van der Waals surface area contributed by atoms with Crippen LogP contribution in [0.1, 0.15) is 10.4 Å². The Bertz CT molecular complexity index is 788. The number of carboxylic acid groups (broad SMARTS) is 1. The van der Waals surface area contributed by atoms with E-state index in [0.29, 0.717) is 5.02 Å². The Labute approximate surface area is 131 Å². The number of anilines is 1. The zero-order chi connectivity index (χ0) is 15.6. The lowest BCUT2D eigenvalue weighted by Gasteiger charge is -2.09. The average molecular weight is 346 g/mol. The van der Waals surface area contributed by atoms with E-state index in [1.54, 1.807) is 0 Å². The highest BCUT2D eigenvalue weighted by Gasteiger charge is 2.15. The fourth-order valence-corrected chi connectivity index (χ4v) is 3.02. The predicted molar refractivity (Wildman–Crippen MR) is 80.7 cm³/mol. The van der Waals surface area contributed by atoms with Gasteiger partial charge >= 0.3 is 5.97 Å². The van der Waals surface area contributed by atoms with Crippen molar-refractivity contribution in [2.75, 3.05) is 4.72 Å². The molecule has 2 rings (SSSR count). The largest absolute Gasteiger partial charge is 0.478 e. The van der Waals surface area contributed by atoms with Crippen LogP contribution in [0, 0.1) is 0 Å². The maximum absolute atomic E-state index is 12.1. The zero-order valence-electron chi connectivity index (χ0n) is 10.4. The van der Waals surface area contributed by atoms with Gasteiger partial charge < -0.3 is 5.11 Å². The third-order valence-corrected chi connectivity index (χ3v) is 4.54. The Balaban J connectivity index is 2.31. The molecule has 0 spiro atoms. The van der Waals surface area contributed by atoms with E-state index in [1.807, 2.05) is 0 Å². The number of rotatable bonds is 4. The van der Waals surface area contributed by atoms with Gasteiger partial charge in [0.15, 0.2) is 0 Å². The van der Waals surface area contributed by atoms with Crippen molar-refractivity contribution in [1.29, 1.82) is 0 Å². The standard InChI is InChI=1S/C13H9Cl2NO4S/c14-8-1-4-10(5-2-8)21(19,20)16-9-3-6-11(13(17)18)12(15)7-9/h1-7,16H,(H,17,18). The van der Waals surface area contributed by atoms with E-state index >= 15 is 0 Å². The molecule has 8 heteroatoms. The molecule has 2 N–H and O–H groups in total. The normalized spacial score (nSPS) is 11.1. The topological polar surface area (TPSA) is 83.5 Å². The second-order valence-corrected chi connectivity index (χ2v) is 6.59. The first-order valence-electron chi connectivity index (χ1n) is 5.61. The average Bonchev–Trinajstić information content (AvgIpc) is 2.38. The second kappa shape index (κ2) is 5.93. The minimum atomic E-state index is -3.79. The van der Waals surface area contributed by atoms with Crippen LogP contribution < -0.4 is 4.72 Å². The van der Waals surface area contributed by atoms with Crippen LogP contribution in [0.2, 0.25) is 10.0 Å². The predicted octanol–water partition coefficient (Wildman–Crippen LogP) is 3.49.